The van der Waals surface area contributed by atoms with Gasteiger partial charge in [-0.05, 0) is 49.4 Å². The van der Waals surface area contributed by atoms with E-state index in [-0.39, 0.29) is 57.5 Å². The standard InChI is InChI=1S/C30H29Cl2F2N5O7S2/c1-16-20-10-19(12-35-27(20)37(2)36-16)48(42,43)39-7-8-47-28(39)29(40)45-25(11-21-22(31)13-38(41)14-23(21)32)18-5-6-24(46-30(33)34)26(9-18)44-15-17-3-4-17/h5-6,9-10,12-14,17,25,28,30H,3-4,7-8,11,15H2,1-2H3/t25-,28+/m0/s1. The SMILES string of the molecule is Cc1nn(C)c2ncc(S(=O)(=O)N3CCS[C@@H]3C(=O)O[C@@H](Cc3c(Cl)c[n+]([O-])cc3Cl)c3ccc(OC(F)F)c(OCC4CC4)c3)cc12. The molecule has 0 radical (unpaired) electrons. The van der Waals surface area contributed by atoms with Crippen LogP contribution < -0.4 is 14.2 Å². The van der Waals surface area contributed by atoms with Crippen LogP contribution in [0.4, 0.5) is 8.78 Å². The number of ether oxygens (including phenoxy) is 3. The molecule has 0 unspecified atom stereocenters. The molecule has 48 heavy (non-hydrogen) atoms. The van der Waals surface area contributed by atoms with Crippen LogP contribution in [0.25, 0.3) is 11.0 Å². The number of carbonyl (C=O) groups is 1. The maximum atomic E-state index is 13.9. The average Bonchev–Trinajstić information content (AvgIpc) is 3.63. The lowest BCUT2D eigenvalue weighted by atomic mass is 10.0. The molecule has 1 aliphatic carbocycles. The van der Waals surface area contributed by atoms with Crippen LogP contribution in [-0.4, -0.2) is 64.3 Å². The second-order valence-electron chi connectivity index (χ2n) is 11.4. The van der Waals surface area contributed by atoms with Gasteiger partial charge in [0.05, 0.1) is 12.3 Å². The highest BCUT2D eigenvalue weighted by atomic mass is 35.5. The number of halogens is 4. The first-order valence-corrected chi connectivity index (χ1v) is 18.0. The highest BCUT2D eigenvalue weighted by Gasteiger charge is 2.42. The van der Waals surface area contributed by atoms with Crippen molar-refractivity contribution in [3.8, 4) is 11.5 Å². The molecule has 2 fully saturated rings. The Hall–Kier alpha value is -3.44. The number of aryl methyl sites for hydroxylation is 2. The van der Waals surface area contributed by atoms with Gasteiger partial charge in [0.2, 0.25) is 10.0 Å². The predicted octanol–water partition coefficient (Wildman–Crippen LogP) is 5.20. The largest absolute Gasteiger partial charge is 0.619 e. The summed E-state index contributed by atoms with van der Waals surface area (Å²) in [5, 5.41) is 15.5. The monoisotopic (exact) mass is 743 g/mol. The number of nitrogens with zero attached hydrogens (tertiary/aromatic N) is 5. The Balaban J connectivity index is 1.32. The van der Waals surface area contributed by atoms with Crippen LogP contribution in [0.1, 0.15) is 35.8 Å². The summed E-state index contributed by atoms with van der Waals surface area (Å²) in [6.07, 6.45) is 3.97. The minimum Gasteiger partial charge on any atom is -0.619 e. The minimum absolute atomic E-state index is 0.00515. The summed E-state index contributed by atoms with van der Waals surface area (Å²) in [7, 11) is -2.52. The summed E-state index contributed by atoms with van der Waals surface area (Å²) < 4.78 is 73.6. The smallest absolute Gasteiger partial charge is 0.387 e. The molecule has 4 aromatic rings. The van der Waals surface area contributed by atoms with E-state index in [4.69, 9.17) is 32.7 Å². The van der Waals surface area contributed by atoms with Gasteiger partial charge in [-0.25, -0.2) is 18.2 Å². The second kappa shape index (κ2) is 13.8. The van der Waals surface area contributed by atoms with Crippen LogP contribution in [0.3, 0.4) is 0 Å². The van der Waals surface area contributed by atoms with Crippen LogP contribution in [0.15, 0.2) is 47.8 Å². The summed E-state index contributed by atoms with van der Waals surface area (Å²) in [6.45, 7) is -1.07. The molecule has 4 heterocycles. The van der Waals surface area contributed by atoms with Gasteiger partial charge in [-0.15, -0.1) is 11.8 Å². The second-order valence-corrected chi connectivity index (χ2v) is 15.2. The Bertz CT molecular complexity index is 1960. The molecular weight excluding hydrogens is 715 g/mol. The minimum atomic E-state index is -4.22. The van der Waals surface area contributed by atoms with Crippen LogP contribution in [0.5, 0.6) is 11.5 Å². The lowest BCUT2D eigenvalue weighted by Crippen LogP contribution is -2.40. The lowest BCUT2D eigenvalue weighted by Gasteiger charge is -2.26. The molecule has 0 N–H and O–H groups in total. The third-order valence-corrected chi connectivity index (χ3v) is 11.7. The molecule has 1 aliphatic heterocycles. The number of hydrogen-bond acceptors (Lipinski definition) is 10. The first-order chi connectivity index (χ1) is 22.8. The molecule has 0 amide bonds. The van der Waals surface area contributed by atoms with Crippen molar-refractivity contribution in [2.75, 3.05) is 18.9 Å². The molecule has 1 aromatic carbocycles. The predicted molar refractivity (Wildman–Crippen MR) is 173 cm³/mol. The zero-order valence-electron chi connectivity index (χ0n) is 25.5. The summed E-state index contributed by atoms with van der Waals surface area (Å²) in [5.41, 5.74) is 1.68. The maximum Gasteiger partial charge on any atom is 0.387 e. The van der Waals surface area contributed by atoms with Crippen molar-refractivity contribution in [3.05, 3.63) is 74.9 Å². The van der Waals surface area contributed by atoms with Gasteiger partial charge in [0.1, 0.15) is 21.0 Å². The van der Waals surface area contributed by atoms with Gasteiger partial charge in [-0.3, -0.25) is 4.68 Å². The van der Waals surface area contributed by atoms with Gasteiger partial charge >= 0.3 is 12.6 Å². The first-order valence-electron chi connectivity index (χ1n) is 14.7. The van der Waals surface area contributed by atoms with E-state index >= 15 is 0 Å². The Kier molecular flexibility index (Phi) is 9.91. The van der Waals surface area contributed by atoms with Crippen molar-refractivity contribution in [3.63, 3.8) is 0 Å². The number of pyridine rings is 2. The van der Waals surface area contributed by atoms with Gasteiger partial charge in [0, 0.05) is 42.9 Å². The summed E-state index contributed by atoms with van der Waals surface area (Å²) in [4.78, 5) is 18.0. The van der Waals surface area contributed by atoms with Gasteiger partial charge in [0.15, 0.2) is 34.9 Å². The molecule has 2 atom stereocenters. The number of fused-ring (bicyclic) bond motifs is 1. The van der Waals surface area contributed by atoms with Gasteiger partial charge in [-0.1, -0.05) is 29.3 Å². The van der Waals surface area contributed by atoms with E-state index in [1.165, 1.54) is 30.5 Å². The highest BCUT2D eigenvalue weighted by Crippen LogP contribution is 2.39. The number of esters is 1. The van der Waals surface area contributed by atoms with Gasteiger partial charge in [-0.2, -0.15) is 22.9 Å². The number of hydrogen-bond donors (Lipinski definition) is 0. The first kappa shape index (κ1) is 34.4. The number of sulfonamides is 1. The molecule has 256 valence electrons. The molecule has 1 saturated heterocycles. The summed E-state index contributed by atoms with van der Waals surface area (Å²) in [6, 6.07) is 5.59. The van der Waals surface area contributed by atoms with E-state index in [0.717, 1.165) is 41.3 Å². The van der Waals surface area contributed by atoms with E-state index in [2.05, 4.69) is 14.8 Å². The molecule has 6 rings (SSSR count). The van der Waals surface area contributed by atoms with Gasteiger partial charge < -0.3 is 19.4 Å². The van der Waals surface area contributed by atoms with E-state index < -0.39 is 34.1 Å². The molecule has 3 aromatic heterocycles. The topological polar surface area (TPSA) is 140 Å². The molecule has 18 heteroatoms. The van der Waals surface area contributed by atoms with Crippen molar-refractivity contribution >= 4 is 62.0 Å². The quantitative estimate of drug-likeness (QED) is 0.108. The molecule has 2 aliphatic rings. The molecular formula is C30H29Cl2F2N5O7S2. The normalized spacial score (nSPS) is 17.6. The molecule has 0 spiro atoms. The molecule has 1 saturated carbocycles. The van der Waals surface area contributed by atoms with Gasteiger partial charge in [0.25, 0.3) is 0 Å². The van der Waals surface area contributed by atoms with E-state index in [1.54, 1.807) is 18.7 Å². The zero-order valence-corrected chi connectivity index (χ0v) is 28.7. The number of alkyl halides is 2. The van der Waals surface area contributed by atoms with Crippen LogP contribution in [0.2, 0.25) is 10.0 Å². The number of aromatic nitrogens is 4. The summed E-state index contributed by atoms with van der Waals surface area (Å²) in [5.74, 6) is -0.484. The van der Waals surface area contributed by atoms with Crippen molar-refractivity contribution in [1.82, 2.24) is 19.1 Å². The van der Waals surface area contributed by atoms with E-state index in [0.29, 0.717) is 32.8 Å². The van der Waals surface area contributed by atoms with Crippen LogP contribution in [-0.2, 0) is 33.0 Å². The fraction of sp³-hybridized carbons (Fsp3) is 0.400. The third kappa shape index (κ3) is 7.27. The highest BCUT2D eigenvalue weighted by molar-refractivity contribution is 8.02. The number of thioether (sulfide) groups is 1. The summed E-state index contributed by atoms with van der Waals surface area (Å²) >= 11 is 13.8. The van der Waals surface area contributed by atoms with Crippen molar-refractivity contribution in [2.24, 2.45) is 13.0 Å². The van der Waals surface area contributed by atoms with E-state index in [9.17, 15) is 27.2 Å². The molecule has 0 bridgehead atoms. The Labute approximate surface area is 288 Å². The Morgan fingerprint density at radius 1 is 1.19 bits per heavy atom. The molecule has 12 nitrogen and oxygen atoms in total. The van der Waals surface area contributed by atoms with Crippen molar-refractivity contribution in [1.29, 1.82) is 0 Å². The van der Waals surface area contributed by atoms with Crippen molar-refractivity contribution < 1.29 is 40.9 Å². The Morgan fingerprint density at radius 2 is 1.92 bits per heavy atom. The van der Waals surface area contributed by atoms with E-state index in [1.807, 2.05) is 0 Å². The fourth-order valence-corrected chi connectivity index (χ4v) is 8.93. The van der Waals surface area contributed by atoms with Crippen molar-refractivity contribution in [2.45, 2.75) is 49.2 Å². The third-order valence-electron chi connectivity index (χ3n) is 7.93. The maximum absolute atomic E-state index is 13.9. The number of carbonyl (C=O) groups excluding carboxylic acids is 1. The number of rotatable bonds is 12. The Morgan fingerprint density at radius 3 is 2.60 bits per heavy atom. The lowest BCUT2D eigenvalue weighted by molar-refractivity contribution is -0.605. The average molecular weight is 745 g/mol. The van der Waals surface area contributed by atoms with Crippen LogP contribution in [0, 0.1) is 18.0 Å². The fourth-order valence-electron chi connectivity index (χ4n) is 5.31. The zero-order chi connectivity index (χ0) is 34.3. The van der Waals surface area contributed by atoms with Crippen LogP contribution >= 0.6 is 35.0 Å². The number of benzene rings is 1.